The van der Waals surface area contributed by atoms with Crippen LogP contribution in [0, 0.1) is 11.8 Å². The molecule has 4 atom stereocenters. The number of nitrogens with two attached hydrogens (primary N) is 1. The third kappa shape index (κ3) is 2.49. The Balaban J connectivity index is 1.80. The van der Waals surface area contributed by atoms with Crippen LogP contribution in [0.25, 0.3) is 0 Å². The van der Waals surface area contributed by atoms with Gasteiger partial charge in [0, 0.05) is 17.5 Å². The molecule has 0 saturated heterocycles. The van der Waals surface area contributed by atoms with Gasteiger partial charge < -0.3 is 4.74 Å². The largest absolute Gasteiger partial charge is 0.493 e. The zero-order chi connectivity index (χ0) is 13.2. The SMILES string of the molecule is CC1CCCC(C(NN)C2COc3ccccc32)C1. The molecule has 0 bridgehead atoms. The van der Waals surface area contributed by atoms with Crippen molar-refractivity contribution in [3.8, 4) is 5.75 Å². The Kier molecular flexibility index (Phi) is 3.76. The molecule has 1 aromatic rings. The molecule has 1 aliphatic heterocycles. The Morgan fingerprint density at radius 3 is 2.95 bits per heavy atom. The molecule has 1 aliphatic carbocycles. The highest BCUT2D eigenvalue weighted by Gasteiger charge is 2.36. The molecule has 2 aliphatic rings. The molecule has 0 radical (unpaired) electrons. The first-order valence-corrected chi connectivity index (χ1v) is 7.47. The molecule has 0 amide bonds. The second kappa shape index (κ2) is 5.51. The molecular formula is C16H24N2O. The first kappa shape index (κ1) is 12.9. The average Bonchev–Trinajstić information content (AvgIpc) is 2.84. The van der Waals surface area contributed by atoms with E-state index >= 15 is 0 Å². The molecule has 3 nitrogen and oxygen atoms in total. The molecule has 1 saturated carbocycles. The number of benzene rings is 1. The first-order chi connectivity index (χ1) is 9.29. The van der Waals surface area contributed by atoms with Gasteiger partial charge in [-0.1, -0.05) is 38.0 Å². The van der Waals surface area contributed by atoms with Gasteiger partial charge in [-0.25, -0.2) is 0 Å². The normalized spacial score (nSPS) is 31.6. The molecule has 104 valence electrons. The van der Waals surface area contributed by atoms with Crippen molar-refractivity contribution < 1.29 is 4.74 Å². The molecule has 1 fully saturated rings. The van der Waals surface area contributed by atoms with Gasteiger partial charge in [0.15, 0.2) is 0 Å². The lowest BCUT2D eigenvalue weighted by Crippen LogP contribution is -2.46. The van der Waals surface area contributed by atoms with E-state index in [4.69, 9.17) is 10.6 Å². The number of hydrazine groups is 1. The summed E-state index contributed by atoms with van der Waals surface area (Å²) in [5.41, 5.74) is 4.42. The van der Waals surface area contributed by atoms with Crippen LogP contribution in [0.15, 0.2) is 24.3 Å². The van der Waals surface area contributed by atoms with Crippen LogP contribution in [0.1, 0.15) is 44.1 Å². The van der Waals surface area contributed by atoms with Crippen molar-refractivity contribution in [3.05, 3.63) is 29.8 Å². The molecule has 1 heterocycles. The van der Waals surface area contributed by atoms with Gasteiger partial charge in [0.2, 0.25) is 0 Å². The summed E-state index contributed by atoms with van der Waals surface area (Å²) in [6.45, 7) is 3.12. The molecule has 3 heteroatoms. The molecule has 3 N–H and O–H groups in total. The van der Waals surface area contributed by atoms with Crippen LogP contribution in [-0.2, 0) is 0 Å². The molecule has 0 spiro atoms. The number of fused-ring (bicyclic) bond motifs is 1. The smallest absolute Gasteiger partial charge is 0.122 e. The van der Waals surface area contributed by atoms with Gasteiger partial charge in [-0.15, -0.1) is 0 Å². The second-order valence-corrected chi connectivity index (χ2v) is 6.18. The van der Waals surface area contributed by atoms with Crippen molar-refractivity contribution in [1.82, 2.24) is 5.43 Å². The number of hydrogen-bond acceptors (Lipinski definition) is 3. The highest BCUT2D eigenvalue weighted by Crippen LogP contribution is 2.41. The fraction of sp³-hybridized carbons (Fsp3) is 0.625. The Morgan fingerprint density at radius 2 is 2.16 bits per heavy atom. The fourth-order valence-electron chi connectivity index (χ4n) is 3.87. The average molecular weight is 260 g/mol. The summed E-state index contributed by atoms with van der Waals surface area (Å²) in [6, 6.07) is 8.72. The Bertz CT molecular complexity index is 435. The fourth-order valence-corrected chi connectivity index (χ4v) is 3.87. The van der Waals surface area contributed by atoms with Crippen molar-refractivity contribution in [3.63, 3.8) is 0 Å². The maximum atomic E-state index is 5.88. The summed E-state index contributed by atoms with van der Waals surface area (Å²) in [5, 5.41) is 0. The predicted octanol–water partition coefficient (Wildman–Crippen LogP) is 2.82. The second-order valence-electron chi connectivity index (χ2n) is 6.18. The number of nitrogens with one attached hydrogen (secondary N) is 1. The van der Waals surface area contributed by atoms with E-state index in [1.54, 1.807) is 0 Å². The van der Waals surface area contributed by atoms with Gasteiger partial charge in [0.05, 0.1) is 6.61 Å². The zero-order valence-electron chi connectivity index (χ0n) is 11.6. The monoisotopic (exact) mass is 260 g/mol. The zero-order valence-corrected chi connectivity index (χ0v) is 11.6. The van der Waals surface area contributed by atoms with Crippen molar-refractivity contribution >= 4 is 0 Å². The number of ether oxygens (including phenoxy) is 1. The van der Waals surface area contributed by atoms with E-state index in [1.165, 1.54) is 31.2 Å². The first-order valence-electron chi connectivity index (χ1n) is 7.47. The summed E-state index contributed by atoms with van der Waals surface area (Å²) in [5.74, 6) is 8.82. The molecule has 0 aromatic heterocycles. The van der Waals surface area contributed by atoms with Crippen molar-refractivity contribution in [2.75, 3.05) is 6.61 Å². The van der Waals surface area contributed by atoms with Crippen LogP contribution in [0.2, 0.25) is 0 Å². The minimum atomic E-state index is 0.339. The van der Waals surface area contributed by atoms with Crippen molar-refractivity contribution in [1.29, 1.82) is 0 Å². The van der Waals surface area contributed by atoms with E-state index in [1.807, 2.05) is 6.07 Å². The van der Waals surface area contributed by atoms with Crippen LogP contribution in [-0.4, -0.2) is 12.6 Å². The molecule has 1 aromatic carbocycles. The Labute approximate surface area is 115 Å². The molecule has 3 rings (SSSR count). The van der Waals surface area contributed by atoms with Crippen LogP contribution >= 0.6 is 0 Å². The van der Waals surface area contributed by atoms with Crippen LogP contribution < -0.4 is 16.0 Å². The lowest BCUT2D eigenvalue weighted by Gasteiger charge is -2.35. The summed E-state index contributed by atoms with van der Waals surface area (Å²) in [7, 11) is 0. The quantitative estimate of drug-likeness (QED) is 0.649. The van der Waals surface area contributed by atoms with Crippen LogP contribution in [0.4, 0.5) is 0 Å². The molecule has 19 heavy (non-hydrogen) atoms. The Morgan fingerprint density at radius 1 is 1.32 bits per heavy atom. The Hall–Kier alpha value is -1.06. The maximum Gasteiger partial charge on any atom is 0.122 e. The van der Waals surface area contributed by atoms with E-state index in [0.717, 1.165) is 18.3 Å². The van der Waals surface area contributed by atoms with Crippen LogP contribution in [0.5, 0.6) is 5.75 Å². The van der Waals surface area contributed by atoms with Crippen molar-refractivity contribution in [2.45, 2.75) is 44.6 Å². The summed E-state index contributed by atoms with van der Waals surface area (Å²) in [6.07, 6.45) is 5.27. The minimum Gasteiger partial charge on any atom is -0.493 e. The molecular weight excluding hydrogens is 236 g/mol. The minimum absolute atomic E-state index is 0.339. The van der Waals surface area contributed by atoms with Crippen molar-refractivity contribution in [2.24, 2.45) is 17.7 Å². The third-order valence-corrected chi connectivity index (χ3v) is 4.85. The number of rotatable bonds is 3. The van der Waals surface area contributed by atoms with E-state index < -0.39 is 0 Å². The number of para-hydroxylation sites is 1. The highest BCUT2D eigenvalue weighted by atomic mass is 16.5. The number of hydrogen-bond donors (Lipinski definition) is 2. The van der Waals surface area contributed by atoms with E-state index in [-0.39, 0.29) is 0 Å². The third-order valence-electron chi connectivity index (χ3n) is 4.85. The highest BCUT2D eigenvalue weighted by molar-refractivity contribution is 5.40. The summed E-state index contributed by atoms with van der Waals surface area (Å²) < 4.78 is 5.82. The van der Waals surface area contributed by atoms with E-state index in [2.05, 4.69) is 30.5 Å². The lowest BCUT2D eigenvalue weighted by molar-refractivity contribution is 0.186. The summed E-state index contributed by atoms with van der Waals surface area (Å²) in [4.78, 5) is 0. The standard InChI is InChI=1S/C16H24N2O/c1-11-5-4-6-12(9-11)16(18-17)14-10-19-15-8-3-2-7-13(14)15/h2-3,7-8,11-12,14,16,18H,4-6,9-10,17H2,1H3. The van der Waals surface area contributed by atoms with Crippen LogP contribution in [0.3, 0.4) is 0 Å². The van der Waals surface area contributed by atoms with Gasteiger partial charge in [-0.05, 0) is 30.7 Å². The predicted molar refractivity (Wildman–Crippen MR) is 76.9 cm³/mol. The molecule has 4 unspecified atom stereocenters. The van der Waals surface area contributed by atoms with E-state index in [0.29, 0.717) is 17.9 Å². The topological polar surface area (TPSA) is 47.3 Å². The van der Waals surface area contributed by atoms with E-state index in [9.17, 15) is 0 Å². The van der Waals surface area contributed by atoms with Gasteiger partial charge in [-0.3, -0.25) is 11.3 Å². The van der Waals surface area contributed by atoms with Gasteiger partial charge in [-0.2, -0.15) is 0 Å². The lowest BCUT2D eigenvalue weighted by atomic mass is 9.74. The van der Waals surface area contributed by atoms with Gasteiger partial charge >= 0.3 is 0 Å². The summed E-state index contributed by atoms with van der Waals surface area (Å²) >= 11 is 0. The maximum absolute atomic E-state index is 5.88. The van der Waals surface area contributed by atoms with Gasteiger partial charge in [0.1, 0.15) is 5.75 Å². The van der Waals surface area contributed by atoms with Gasteiger partial charge in [0.25, 0.3) is 0 Å².